The molecule has 7 heteroatoms. The lowest BCUT2D eigenvalue weighted by Crippen LogP contribution is -2.21. The number of nitrogens with one attached hydrogen (secondary N) is 2. The predicted octanol–water partition coefficient (Wildman–Crippen LogP) is 1.24. The Kier molecular flexibility index (Phi) is 5.40. The molecule has 0 aliphatic heterocycles. The van der Waals surface area contributed by atoms with Crippen molar-refractivity contribution in [3.05, 3.63) is 59.9 Å². The van der Waals surface area contributed by atoms with Crippen molar-refractivity contribution in [3.8, 4) is 0 Å². The zero-order chi connectivity index (χ0) is 16.7. The summed E-state index contributed by atoms with van der Waals surface area (Å²) in [6.07, 6.45) is 1.46. The van der Waals surface area contributed by atoms with E-state index in [0.717, 1.165) is 0 Å². The molecule has 0 atom stereocenters. The number of hydrogen-bond acceptors (Lipinski definition) is 5. The second-order valence-corrected chi connectivity index (χ2v) is 4.50. The maximum absolute atomic E-state index is 11.7. The van der Waals surface area contributed by atoms with E-state index in [-0.39, 0.29) is 11.6 Å². The van der Waals surface area contributed by atoms with Crippen molar-refractivity contribution >= 4 is 23.5 Å². The van der Waals surface area contributed by atoms with Gasteiger partial charge in [-0.15, -0.1) is 0 Å². The van der Waals surface area contributed by atoms with Crippen molar-refractivity contribution in [2.24, 2.45) is 0 Å². The normalized spacial score (nSPS) is 9.78. The highest BCUT2D eigenvalue weighted by Gasteiger charge is 2.11. The number of carbonyl (C=O) groups is 3. The number of pyridine rings is 1. The number of nitrogens with zero attached hydrogens (tertiary/aromatic N) is 1. The third-order valence-corrected chi connectivity index (χ3v) is 2.87. The van der Waals surface area contributed by atoms with Crippen LogP contribution in [0.2, 0.25) is 0 Å². The van der Waals surface area contributed by atoms with Gasteiger partial charge in [-0.3, -0.25) is 9.59 Å². The zero-order valence-corrected chi connectivity index (χ0v) is 12.4. The molecule has 1 aromatic heterocycles. The molecule has 2 aromatic rings. The largest absolute Gasteiger partial charge is 0.451 e. The van der Waals surface area contributed by atoms with Gasteiger partial charge in [0.05, 0.1) is 0 Å². The van der Waals surface area contributed by atoms with Gasteiger partial charge in [-0.1, -0.05) is 6.07 Å². The van der Waals surface area contributed by atoms with Crippen LogP contribution in [-0.2, 0) is 9.53 Å². The first kappa shape index (κ1) is 16.2. The van der Waals surface area contributed by atoms with Crippen LogP contribution in [0.4, 0.5) is 5.69 Å². The predicted molar refractivity (Wildman–Crippen MR) is 83.0 cm³/mol. The molecule has 0 spiro atoms. The van der Waals surface area contributed by atoms with E-state index in [9.17, 15) is 14.4 Å². The molecule has 2 amide bonds. The molecule has 0 unspecified atom stereocenters. The highest BCUT2D eigenvalue weighted by Crippen LogP contribution is 2.09. The smallest absolute Gasteiger partial charge is 0.357 e. The number of rotatable bonds is 5. The van der Waals surface area contributed by atoms with Gasteiger partial charge in [0.25, 0.3) is 11.8 Å². The van der Waals surface area contributed by atoms with Gasteiger partial charge in [-0.25, -0.2) is 9.78 Å². The number of aromatic nitrogens is 1. The van der Waals surface area contributed by atoms with E-state index in [0.29, 0.717) is 11.3 Å². The summed E-state index contributed by atoms with van der Waals surface area (Å²) >= 11 is 0. The van der Waals surface area contributed by atoms with Gasteiger partial charge in [0.15, 0.2) is 6.61 Å². The Morgan fingerprint density at radius 2 is 1.83 bits per heavy atom. The van der Waals surface area contributed by atoms with Crippen LogP contribution in [0.5, 0.6) is 0 Å². The van der Waals surface area contributed by atoms with E-state index >= 15 is 0 Å². The van der Waals surface area contributed by atoms with E-state index in [1.54, 1.807) is 36.4 Å². The van der Waals surface area contributed by atoms with Gasteiger partial charge < -0.3 is 15.4 Å². The van der Waals surface area contributed by atoms with Crippen LogP contribution in [0.15, 0.2) is 48.7 Å². The van der Waals surface area contributed by atoms with E-state index in [4.69, 9.17) is 4.74 Å². The third-order valence-electron chi connectivity index (χ3n) is 2.87. The third kappa shape index (κ3) is 4.63. The average molecular weight is 313 g/mol. The number of amides is 2. The Bertz CT molecular complexity index is 699. The molecule has 1 aromatic carbocycles. The average Bonchev–Trinajstić information content (AvgIpc) is 2.60. The SMILES string of the molecule is CNC(=O)c1ccc(NC(=O)COC(=O)c2ccccn2)cc1. The van der Waals surface area contributed by atoms with Crippen LogP contribution in [0.1, 0.15) is 20.8 Å². The number of ether oxygens (including phenoxy) is 1. The molecular formula is C16H15N3O4. The Morgan fingerprint density at radius 1 is 1.09 bits per heavy atom. The summed E-state index contributed by atoms with van der Waals surface area (Å²) in [5.74, 6) is -1.37. The van der Waals surface area contributed by atoms with Crippen LogP contribution in [0.25, 0.3) is 0 Å². The number of hydrogen-bond donors (Lipinski definition) is 2. The lowest BCUT2D eigenvalue weighted by atomic mass is 10.2. The first-order valence-electron chi connectivity index (χ1n) is 6.80. The van der Waals surface area contributed by atoms with Gasteiger partial charge in [0.1, 0.15) is 5.69 Å². The van der Waals surface area contributed by atoms with Crippen molar-refractivity contribution in [2.75, 3.05) is 19.0 Å². The van der Waals surface area contributed by atoms with E-state index < -0.39 is 18.5 Å². The summed E-state index contributed by atoms with van der Waals surface area (Å²) in [5, 5.41) is 5.06. The van der Waals surface area contributed by atoms with Crippen LogP contribution < -0.4 is 10.6 Å². The van der Waals surface area contributed by atoms with E-state index in [1.807, 2.05) is 0 Å². The first-order valence-corrected chi connectivity index (χ1v) is 6.80. The molecule has 0 radical (unpaired) electrons. The molecule has 0 fully saturated rings. The fraction of sp³-hybridized carbons (Fsp3) is 0.125. The van der Waals surface area contributed by atoms with Gasteiger partial charge in [-0.2, -0.15) is 0 Å². The van der Waals surface area contributed by atoms with E-state index in [1.165, 1.54) is 19.3 Å². The fourth-order valence-corrected chi connectivity index (χ4v) is 1.73. The maximum Gasteiger partial charge on any atom is 0.357 e. The van der Waals surface area contributed by atoms with Crippen molar-refractivity contribution in [3.63, 3.8) is 0 Å². The maximum atomic E-state index is 11.7. The lowest BCUT2D eigenvalue weighted by molar-refractivity contribution is -0.119. The monoisotopic (exact) mass is 313 g/mol. The van der Waals surface area contributed by atoms with Gasteiger partial charge in [0, 0.05) is 24.5 Å². The van der Waals surface area contributed by atoms with Crippen LogP contribution in [0.3, 0.4) is 0 Å². The summed E-state index contributed by atoms with van der Waals surface area (Å²) in [4.78, 5) is 38.6. The molecular weight excluding hydrogens is 298 g/mol. The Balaban J connectivity index is 1.85. The number of benzene rings is 1. The Labute approximate surface area is 132 Å². The van der Waals surface area contributed by atoms with Crippen molar-refractivity contribution < 1.29 is 19.1 Å². The molecule has 2 N–H and O–H groups in total. The summed E-state index contributed by atoms with van der Waals surface area (Å²) in [6.45, 7) is -0.424. The minimum Gasteiger partial charge on any atom is -0.451 e. The molecule has 2 rings (SSSR count). The highest BCUT2D eigenvalue weighted by molar-refractivity contribution is 5.96. The van der Waals surface area contributed by atoms with Gasteiger partial charge in [0.2, 0.25) is 0 Å². The van der Waals surface area contributed by atoms with Crippen molar-refractivity contribution in [2.45, 2.75) is 0 Å². The minimum atomic E-state index is -0.671. The Hall–Kier alpha value is -3.22. The van der Waals surface area contributed by atoms with Gasteiger partial charge >= 0.3 is 5.97 Å². The minimum absolute atomic E-state index is 0.134. The quantitative estimate of drug-likeness (QED) is 0.809. The van der Waals surface area contributed by atoms with Crippen molar-refractivity contribution in [1.82, 2.24) is 10.3 Å². The highest BCUT2D eigenvalue weighted by atomic mass is 16.5. The first-order chi connectivity index (χ1) is 11.1. The summed E-state index contributed by atoms with van der Waals surface area (Å²) in [5.41, 5.74) is 1.11. The number of esters is 1. The topological polar surface area (TPSA) is 97.4 Å². The summed E-state index contributed by atoms with van der Waals surface area (Å²) < 4.78 is 4.86. The van der Waals surface area contributed by atoms with Crippen molar-refractivity contribution in [1.29, 1.82) is 0 Å². The molecule has 0 saturated carbocycles. The molecule has 0 aliphatic rings. The molecule has 118 valence electrons. The number of anilines is 1. The lowest BCUT2D eigenvalue weighted by Gasteiger charge is -2.07. The van der Waals surface area contributed by atoms with Crippen LogP contribution >= 0.6 is 0 Å². The van der Waals surface area contributed by atoms with Crippen LogP contribution in [-0.4, -0.2) is 36.4 Å². The van der Waals surface area contributed by atoms with Crippen LogP contribution in [0, 0.1) is 0 Å². The summed E-state index contributed by atoms with van der Waals surface area (Å²) in [7, 11) is 1.54. The standard InChI is InChI=1S/C16H15N3O4/c1-17-15(21)11-5-7-12(8-6-11)19-14(20)10-23-16(22)13-4-2-3-9-18-13/h2-9H,10H2,1H3,(H,17,21)(H,19,20). The molecule has 1 heterocycles. The second kappa shape index (κ2) is 7.69. The molecule has 23 heavy (non-hydrogen) atoms. The zero-order valence-electron chi connectivity index (χ0n) is 12.4. The summed E-state index contributed by atoms with van der Waals surface area (Å²) in [6, 6.07) is 11.1. The molecule has 0 aliphatic carbocycles. The fourth-order valence-electron chi connectivity index (χ4n) is 1.73. The Morgan fingerprint density at radius 3 is 2.43 bits per heavy atom. The van der Waals surface area contributed by atoms with E-state index in [2.05, 4.69) is 15.6 Å². The van der Waals surface area contributed by atoms with Gasteiger partial charge in [-0.05, 0) is 36.4 Å². The number of carbonyl (C=O) groups excluding carboxylic acids is 3. The molecule has 0 saturated heterocycles. The molecule has 0 bridgehead atoms. The second-order valence-electron chi connectivity index (χ2n) is 4.50. The molecule has 7 nitrogen and oxygen atoms in total.